The topological polar surface area (TPSA) is 42.7 Å². The molecule has 0 aliphatic heterocycles. The van der Waals surface area contributed by atoms with E-state index in [0.29, 0.717) is 6.04 Å². The van der Waals surface area contributed by atoms with Gasteiger partial charge in [-0.1, -0.05) is 38.1 Å². The van der Waals surface area contributed by atoms with Crippen LogP contribution < -0.4 is 5.32 Å². The number of fused-ring (bicyclic) bond motifs is 1. The van der Waals surface area contributed by atoms with Crippen LogP contribution in [0, 0.1) is 0 Å². The van der Waals surface area contributed by atoms with Crippen LogP contribution in [0.3, 0.4) is 0 Å². The lowest BCUT2D eigenvalue weighted by atomic mass is 10.1. The molecule has 0 radical (unpaired) electrons. The lowest BCUT2D eigenvalue weighted by molar-refractivity contribution is 0.590. The van der Waals surface area contributed by atoms with Crippen molar-refractivity contribution in [3.8, 4) is 5.82 Å². The van der Waals surface area contributed by atoms with Crippen LogP contribution in [0.5, 0.6) is 0 Å². The Bertz CT molecular complexity index is 764. The lowest BCUT2D eigenvalue weighted by Gasteiger charge is -2.12. The van der Waals surface area contributed by atoms with Crippen LogP contribution in [0.1, 0.15) is 19.4 Å². The van der Waals surface area contributed by atoms with E-state index in [2.05, 4.69) is 63.4 Å². The van der Waals surface area contributed by atoms with Crippen LogP contribution in [0.4, 0.5) is 0 Å². The van der Waals surface area contributed by atoms with Crippen LogP contribution in [-0.2, 0) is 6.54 Å². The summed E-state index contributed by atoms with van der Waals surface area (Å²) in [4.78, 5) is 4.61. The molecule has 108 valence electrons. The highest BCUT2D eigenvalue weighted by molar-refractivity contribution is 9.10. The first-order valence-electron chi connectivity index (χ1n) is 6.95. The molecule has 0 aliphatic carbocycles. The highest BCUT2D eigenvalue weighted by atomic mass is 79.9. The summed E-state index contributed by atoms with van der Waals surface area (Å²) in [5.74, 6) is 0.851. The smallest absolute Gasteiger partial charge is 0.161 e. The van der Waals surface area contributed by atoms with Gasteiger partial charge in [0, 0.05) is 30.4 Å². The molecule has 3 aromatic rings. The number of pyridine rings is 1. The SMILES string of the molecule is CC(C)NCc1cnc(-n2cc(Br)cn2)c2ccccc12. The van der Waals surface area contributed by atoms with Gasteiger partial charge < -0.3 is 5.32 Å². The van der Waals surface area contributed by atoms with E-state index in [1.165, 1.54) is 10.9 Å². The molecule has 3 rings (SSSR count). The Labute approximate surface area is 132 Å². The van der Waals surface area contributed by atoms with Gasteiger partial charge in [-0.2, -0.15) is 5.10 Å². The lowest BCUT2D eigenvalue weighted by Crippen LogP contribution is -2.22. The Balaban J connectivity index is 2.10. The first kappa shape index (κ1) is 14.2. The molecule has 0 saturated heterocycles. The summed E-state index contributed by atoms with van der Waals surface area (Å²) in [6.45, 7) is 5.10. The van der Waals surface area contributed by atoms with Crippen LogP contribution in [-0.4, -0.2) is 20.8 Å². The molecule has 2 heterocycles. The van der Waals surface area contributed by atoms with E-state index in [-0.39, 0.29) is 0 Å². The molecule has 1 aromatic carbocycles. The summed E-state index contributed by atoms with van der Waals surface area (Å²) in [5.41, 5.74) is 1.20. The minimum Gasteiger partial charge on any atom is -0.310 e. The average molecular weight is 345 g/mol. The molecule has 0 aliphatic rings. The molecule has 0 unspecified atom stereocenters. The predicted molar refractivity (Wildman–Crippen MR) is 88.5 cm³/mol. The van der Waals surface area contributed by atoms with Gasteiger partial charge >= 0.3 is 0 Å². The highest BCUT2D eigenvalue weighted by Crippen LogP contribution is 2.24. The molecule has 0 amide bonds. The minimum absolute atomic E-state index is 0.450. The number of aromatic nitrogens is 3. The van der Waals surface area contributed by atoms with E-state index in [1.54, 1.807) is 10.9 Å². The van der Waals surface area contributed by atoms with Gasteiger partial charge in [0.05, 0.1) is 10.7 Å². The third-order valence-electron chi connectivity index (χ3n) is 3.33. The van der Waals surface area contributed by atoms with Gasteiger partial charge in [0.25, 0.3) is 0 Å². The number of benzene rings is 1. The van der Waals surface area contributed by atoms with Crippen LogP contribution in [0.2, 0.25) is 0 Å². The fourth-order valence-corrected chi connectivity index (χ4v) is 2.58. The van der Waals surface area contributed by atoms with E-state index in [0.717, 1.165) is 22.2 Å². The number of hydrogen-bond acceptors (Lipinski definition) is 3. The second-order valence-corrected chi connectivity index (χ2v) is 6.21. The number of hydrogen-bond donors (Lipinski definition) is 1. The van der Waals surface area contributed by atoms with E-state index in [1.807, 2.05) is 18.5 Å². The fourth-order valence-electron chi connectivity index (χ4n) is 2.29. The van der Waals surface area contributed by atoms with Crippen LogP contribution in [0.25, 0.3) is 16.6 Å². The zero-order valence-electron chi connectivity index (χ0n) is 12.0. The first-order chi connectivity index (χ1) is 10.1. The van der Waals surface area contributed by atoms with Crippen molar-refractivity contribution in [1.82, 2.24) is 20.1 Å². The Kier molecular flexibility index (Phi) is 4.03. The van der Waals surface area contributed by atoms with Gasteiger partial charge in [0.2, 0.25) is 0 Å². The van der Waals surface area contributed by atoms with Gasteiger partial charge in [-0.25, -0.2) is 9.67 Å². The third-order valence-corrected chi connectivity index (χ3v) is 3.73. The van der Waals surface area contributed by atoms with Gasteiger partial charge in [0.1, 0.15) is 0 Å². The molecule has 2 aromatic heterocycles. The maximum atomic E-state index is 4.61. The van der Waals surface area contributed by atoms with Crippen molar-refractivity contribution in [2.24, 2.45) is 0 Å². The zero-order valence-corrected chi connectivity index (χ0v) is 13.6. The third kappa shape index (κ3) is 2.99. The summed E-state index contributed by atoms with van der Waals surface area (Å²) in [6, 6.07) is 8.77. The summed E-state index contributed by atoms with van der Waals surface area (Å²) in [7, 11) is 0. The normalized spacial score (nSPS) is 11.4. The van der Waals surface area contributed by atoms with E-state index < -0.39 is 0 Å². The van der Waals surface area contributed by atoms with E-state index in [4.69, 9.17) is 0 Å². The summed E-state index contributed by atoms with van der Waals surface area (Å²) < 4.78 is 2.74. The van der Waals surface area contributed by atoms with E-state index in [9.17, 15) is 0 Å². The summed E-state index contributed by atoms with van der Waals surface area (Å²) in [6.07, 6.45) is 5.62. The molecule has 5 heteroatoms. The standard InChI is InChI=1S/C16H17BrN4/c1-11(2)18-7-12-8-19-16(21-10-13(17)9-20-21)15-6-4-3-5-14(12)15/h3-6,8-11,18H,7H2,1-2H3. The first-order valence-corrected chi connectivity index (χ1v) is 7.75. The van der Waals surface area contributed by atoms with Gasteiger partial charge in [0.15, 0.2) is 5.82 Å². The van der Waals surface area contributed by atoms with Crippen molar-refractivity contribution >= 4 is 26.7 Å². The van der Waals surface area contributed by atoms with Gasteiger partial charge in [-0.05, 0) is 26.9 Å². The molecule has 1 N–H and O–H groups in total. The molecule has 0 atom stereocenters. The summed E-state index contributed by atoms with van der Waals surface area (Å²) >= 11 is 3.43. The highest BCUT2D eigenvalue weighted by Gasteiger charge is 2.10. The van der Waals surface area contributed by atoms with Gasteiger partial charge in [-0.15, -0.1) is 0 Å². The zero-order chi connectivity index (χ0) is 14.8. The maximum absolute atomic E-state index is 4.61. The maximum Gasteiger partial charge on any atom is 0.161 e. The van der Waals surface area contributed by atoms with Crippen molar-refractivity contribution < 1.29 is 0 Å². The molecule has 0 saturated carbocycles. The molecule has 4 nitrogen and oxygen atoms in total. The Morgan fingerprint density at radius 2 is 1.95 bits per heavy atom. The van der Waals surface area contributed by atoms with Crippen LogP contribution >= 0.6 is 15.9 Å². The van der Waals surface area contributed by atoms with Crippen molar-refractivity contribution in [3.63, 3.8) is 0 Å². The molecular weight excluding hydrogens is 328 g/mol. The number of nitrogens with one attached hydrogen (secondary N) is 1. The van der Waals surface area contributed by atoms with E-state index >= 15 is 0 Å². The second kappa shape index (κ2) is 5.95. The number of rotatable bonds is 4. The Hall–Kier alpha value is -1.72. The molecular formula is C16H17BrN4. The Morgan fingerprint density at radius 3 is 2.62 bits per heavy atom. The van der Waals surface area contributed by atoms with Gasteiger partial charge in [-0.3, -0.25) is 0 Å². The predicted octanol–water partition coefficient (Wildman–Crippen LogP) is 3.68. The monoisotopic (exact) mass is 344 g/mol. The number of halogens is 1. The molecule has 0 fully saturated rings. The fraction of sp³-hybridized carbons (Fsp3) is 0.250. The average Bonchev–Trinajstić information content (AvgIpc) is 2.91. The van der Waals surface area contributed by atoms with Crippen molar-refractivity contribution in [2.45, 2.75) is 26.4 Å². The number of nitrogens with zero attached hydrogens (tertiary/aromatic N) is 3. The van der Waals surface area contributed by atoms with Crippen molar-refractivity contribution in [1.29, 1.82) is 0 Å². The second-order valence-electron chi connectivity index (χ2n) is 5.29. The molecule has 21 heavy (non-hydrogen) atoms. The Morgan fingerprint density at radius 1 is 1.19 bits per heavy atom. The van der Waals surface area contributed by atoms with Crippen molar-refractivity contribution in [2.75, 3.05) is 0 Å². The molecule has 0 bridgehead atoms. The minimum atomic E-state index is 0.450. The molecule has 0 spiro atoms. The quantitative estimate of drug-likeness (QED) is 0.784. The van der Waals surface area contributed by atoms with Crippen LogP contribution in [0.15, 0.2) is 47.3 Å². The largest absolute Gasteiger partial charge is 0.310 e. The summed E-state index contributed by atoms with van der Waals surface area (Å²) in [5, 5.41) is 10.1. The van der Waals surface area contributed by atoms with Crippen molar-refractivity contribution in [3.05, 3.63) is 52.9 Å².